The fourth-order valence-electron chi connectivity index (χ4n) is 2.74. The van der Waals surface area contributed by atoms with Crippen LogP contribution in [0.4, 0.5) is 0 Å². The van der Waals surface area contributed by atoms with Crippen LogP contribution in [0.5, 0.6) is 0 Å². The van der Waals surface area contributed by atoms with Gasteiger partial charge >= 0.3 is 5.97 Å². The molecule has 0 fully saturated rings. The molecule has 0 heterocycles. The molecule has 3 heteroatoms. The van der Waals surface area contributed by atoms with Gasteiger partial charge < -0.3 is 10.5 Å². The number of carbonyl (C=O) groups excluding carboxylic acids is 1. The van der Waals surface area contributed by atoms with E-state index in [1.165, 1.54) is 0 Å². The second-order valence-electron chi connectivity index (χ2n) is 6.17. The van der Waals surface area contributed by atoms with E-state index in [0.717, 1.165) is 12.8 Å². The molecule has 0 saturated heterocycles. The molecule has 2 N–H and O–H groups in total. The summed E-state index contributed by atoms with van der Waals surface area (Å²) < 4.78 is 5.25. The van der Waals surface area contributed by atoms with Crippen LogP contribution < -0.4 is 5.73 Å². The summed E-state index contributed by atoms with van der Waals surface area (Å²) in [6.07, 6.45) is 1.94. The average Bonchev–Trinajstić information content (AvgIpc) is 2.24. The zero-order valence-corrected chi connectivity index (χ0v) is 13.0. The molecule has 0 aliphatic carbocycles. The molecular formula is C15H31NO2. The van der Waals surface area contributed by atoms with E-state index in [2.05, 4.69) is 34.6 Å². The van der Waals surface area contributed by atoms with E-state index >= 15 is 0 Å². The number of nitrogens with two attached hydrogens (primary N) is 1. The Hall–Kier alpha value is -0.570. The first-order valence-corrected chi connectivity index (χ1v) is 7.17. The van der Waals surface area contributed by atoms with Gasteiger partial charge in [0.15, 0.2) is 0 Å². The van der Waals surface area contributed by atoms with Crippen molar-refractivity contribution in [3.8, 4) is 0 Å². The summed E-state index contributed by atoms with van der Waals surface area (Å²) in [4.78, 5) is 12.3. The van der Waals surface area contributed by atoms with E-state index in [1.807, 2.05) is 6.92 Å². The lowest BCUT2D eigenvalue weighted by molar-refractivity contribution is -0.159. The second kappa shape index (κ2) is 7.78. The summed E-state index contributed by atoms with van der Waals surface area (Å²) in [5.74, 6) is 1.21. The number of carbonyl (C=O) groups is 1. The highest BCUT2D eigenvalue weighted by Crippen LogP contribution is 2.37. The van der Waals surface area contributed by atoms with Gasteiger partial charge in [-0.15, -0.1) is 0 Å². The second-order valence-corrected chi connectivity index (χ2v) is 6.17. The molecule has 3 nitrogen and oxygen atoms in total. The van der Waals surface area contributed by atoms with E-state index in [1.54, 1.807) is 0 Å². The van der Waals surface area contributed by atoms with Crippen molar-refractivity contribution in [1.82, 2.24) is 0 Å². The van der Waals surface area contributed by atoms with Crippen LogP contribution in [-0.2, 0) is 9.53 Å². The Morgan fingerprint density at radius 1 is 1.22 bits per heavy atom. The van der Waals surface area contributed by atoms with Crippen molar-refractivity contribution in [3.05, 3.63) is 0 Å². The van der Waals surface area contributed by atoms with E-state index in [-0.39, 0.29) is 11.9 Å². The van der Waals surface area contributed by atoms with E-state index in [4.69, 9.17) is 10.5 Å². The Balaban J connectivity index is 4.91. The minimum Gasteiger partial charge on any atom is -0.466 e. The normalized spacial score (nSPS) is 16.7. The lowest BCUT2D eigenvalue weighted by Gasteiger charge is -2.36. The van der Waals surface area contributed by atoms with Gasteiger partial charge in [0.05, 0.1) is 12.0 Å². The van der Waals surface area contributed by atoms with Crippen LogP contribution in [0.2, 0.25) is 0 Å². The molecule has 2 unspecified atom stereocenters. The molecular weight excluding hydrogens is 226 g/mol. The minimum absolute atomic E-state index is 0.127. The third-order valence-electron chi connectivity index (χ3n) is 3.74. The predicted molar refractivity (Wildman–Crippen MR) is 76.2 cm³/mol. The van der Waals surface area contributed by atoms with Crippen molar-refractivity contribution in [2.75, 3.05) is 13.2 Å². The molecule has 0 radical (unpaired) electrons. The average molecular weight is 257 g/mol. The molecule has 0 amide bonds. The van der Waals surface area contributed by atoms with Gasteiger partial charge in [0.2, 0.25) is 0 Å². The van der Waals surface area contributed by atoms with E-state index < -0.39 is 5.41 Å². The van der Waals surface area contributed by atoms with Gasteiger partial charge in [0.25, 0.3) is 0 Å². The largest absolute Gasteiger partial charge is 0.466 e. The number of hydrogen-bond donors (Lipinski definition) is 1. The maximum Gasteiger partial charge on any atom is 0.313 e. The fraction of sp³-hybridized carbons (Fsp3) is 0.933. The zero-order valence-electron chi connectivity index (χ0n) is 13.0. The molecule has 18 heavy (non-hydrogen) atoms. The number of rotatable bonds is 8. The molecule has 108 valence electrons. The molecule has 0 aromatic carbocycles. The van der Waals surface area contributed by atoms with Crippen LogP contribution in [0.1, 0.15) is 54.4 Å². The summed E-state index contributed by atoms with van der Waals surface area (Å²) >= 11 is 0. The summed E-state index contributed by atoms with van der Waals surface area (Å²) in [6, 6.07) is 0. The van der Waals surface area contributed by atoms with E-state index in [0.29, 0.717) is 25.0 Å². The molecule has 0 aliphatic heterocycles. The first-order valence-electron chi connectivity index (χ1n) is 7.17. The van der Waals surface area contributed by atoms with Gasteiger partial charge in [0, 0.05) is 6.54 Å². The zero-order chi connectivity index (χ0) is 14.3. The quantitative estimate of drug-likeness (QED) is 0.679. The summed E-state index contributed by atoms with van der Waals surface area (Å²) in [5, 5.41) is 0. The molecule has 2 atom stereocenters. The summed E-state index contributed by atoms with van der Waals surface area (Å²) in [6.45, 7) is 13.4. The first kappa shape index (κ1) is 17.4. The minimum atomic E-state index is -0.523. The highest BCUT2D eigenvalue weighted by Gasteiger charge is 2.42. The Morgan fingerprint density at radius 3 is 2.11 bits per heavy atom. The third kappa shape index (κ3) is 4.60. The van der Waals surface area contributed by atoms with Crippen LogP contribution in [0.15, 0.2) is 0 Å². The van der Waals surface area contributed by atoms with Crippen LogP contribution >= 0.6 is 0 Å². The summed E-state index contributed by atoms with van der Waals surface area (Å²) in [5.41, 5.74) is 5.39. The maximum atomic E-state index is 12.3. The monoisotopic (exact) mass is 257 g/mol. The third-order valence-corrected chi connectivity index (χ3v) is 3.74. The maximum absolute atomic E-state index is 12.3. The Bertz CT molecular complexity index is 251. The molecule has 0 bridgehead atoms. The van der Waals surface area contributed by atoms with Crippen LogP contribution in [0, 0.1) is 23.2 Å². The fourth-order valence-corrected chi connectivity index (χ4v) is 2.74. The molecule has 0 aromatic heterocycles. The predicted octanol–water partition coefficient (Wildman–Crippen LogP) is 3.22. The Morgan fingerprint density at radius 2 is 1.78 bits per heavy atom. The molecule has 0 spiro atoms. The standard InChI is InChI=1S/C15H31NO2/c1-7-18-14(17)15(10-16,12(4)5)9-13(6)8-11(2)3/h11-13H,7-10,16H2,1-6H3. The number of esters is 1. The van der Waals surface area contributed by atoms with Crippen molar-refractivity contribution in [3.63, 3.8) is 0 Å². The van der Waals surface area contributed by atoms with Crippen LogP contribution in [0.3, 0.4) is 0 Å². The van der Waals surface area contributed by atoms with Crippen molar-refractivity contribution in [2.24, 2.45) is 28.9 Å². The van der Waals surface area contributed by atoms with Crippen molar-refractivity contribution < 1.29 is 9.53 Å². The topological polar surface area (TPSA) is 52.3 Å². The molecule has 0 saturated carbocycles. The van der Waals surface area contributed by atoms with Crippen molar-refractivity contribution in [2.45, 2.75) is 54.4 Å². The van der Waals surface area contributed by atoms with Gasteiger partial charge in [-0.3, -0.25) is 4.79 Å². The molecule has 0 aromatic rings. The Kier molecular flexibility index (Phi) is 7.53. The Labute approximate surface area is 112 Å². The highest BCUT2D eigenvalue weighted by molar-refractivity contribution is 5.77. The molecule has 0 rings (SSSR count). The smallest absolute Gasteiger partial charge is 0.313 e. The van der Waals surface area contributed by atoms with Gasteiger partial charge in [0.1, 0.15) is 0 Å². The van der Waals surface area contributed by atoms with Crippen molar-refractivity contribution in [1.29, 1.82) is 0 Å². The SMILES string of the molecule is CCOC(=O)C(CN)(CC(C)CC(C)C)C(C)C. The lowest BCUT2D eigenvalue weighted by atomic mass is 9.70. The van der Waals surface area contributed by atoms with Crippen molar-refractivity contribution >= 4 is 5.97 Å². The number of hydrogen-bond acceptors (Lipinski definition) is 3. The van der Waals surface area contributed by atoms with Gasteiger partial charge in [-0.1, -0.05) is 34.6 Å². The molecule has 0 aliphatic rings. The van der Waals surface area contributed by atoms with Crippen LogP contribution in [-0.4, -0.2) is 19.1 Å². The van der Waals surface area contributed by atoms with Gasteiger partial charge in [-0.2, -0.15) is 0 Å². The van der Waals surface area contributed by atoms with E-state index in [9.17, 15) is 4.79 Å². The van der Waals surface area contributed by atoms with Crippen LogP contribution in [0.25, 0.3) is 0 Å². The highest BCUT2D eigenvalue weighted by atomic mass is 16.5. The number of ether oxygens (including phenoxy) is 1. The van der Waals surface area contributed by atoms with Gasteiger partial charge in [-0.05, 0) is 37.5 Å². The summed E-state index contributed by atoms with van der Waals surface area (Å²) in [7, 11) is 0. The van der Waals surface area contributed by atoms with Gasteiger partial charge in [-0.25, -0.2) is 0 Å². The lowest BCUT2D eigenvalue weighted by Crippen LogP contribution is -2.45. The first-order chi connectivity index (χ1) is 8.30.